The van der Waals surface area contributed by atoms with Gasteiger partial charge in [0.25, 0.3) is 0 Å². The standard InChI is InChI=1S/C16H15F4N/c1-10-6-12(9-14(17)7-10)15(21-2)11-4-3-5-13(8-11)16(18,19)20/h3-9,15,21H,1-2H3. The van der Waals surface area contributed by atoms with Crippen molar-refractivity contribution in [2.45, 2.75) is 19.1 Å². The van der Waals surface area contributed by atoms with Gasteiger partial charge in [0.15, 0.2) is 0 Å². The smallest absolute Gasteiger partial charge is 0.309 e. The van der Waals surface area contributed by atoms with Crippen molar-refractivity contribution >= 4 is 0 Å². The molecule has 2 aromatic carbocycles. The predicted octanol–water partition coefficient (Wildman–Crippen LogP) is 4.46. The van der Waals surface area contributed by atoms with Crippen molar-refractivity contribution in [1.82, 2.24) is 5.32 Å². The van der Waals surface area contributed by atoms with Gasteiger partial charge in [-0.15, -0.1) is 0 Å². The van der Waals surface area contributed by atoms with E-state index in [1.165, 1.54) is 18.2 Å². The monoisotopic (exact) mass is 297 g/mol. The number of halogens is 4. The fourth-order valence-corrected chi connectivity index (χ4v) is 2.35. The van der Waals surface area contributed by atoms with Crippen LogP contribution in [0.15, 0.2) is 42.5 Å². The third kappa shape index (κ3) is 3.61. The molecule has 0 saturated carbocycles. The third-order valence-electron chi connectivity index (χ3n) is 3.23. The summed E-state index contributed by atoms with van der Waals surface area (Å²) >= 11 is 0. The van der Waals surface area contributed by atoms with Crippen LogP contribution in [0.5, 0.6) is 0 Å². The predicted molar refractivity (Wildman–Crippen MR) is 73.5 cm³/mol. The van der Waals surface area contributed by atoms with Crippen LogP contribution in [-0.2, 0) is 6.18 Å². The van der Waals surface area contributed by atoms with Gasteiger partial charge in [-0.2, -0.15) is 13.2 Å². The zero-order valence-electron chi connectivity index (χ0n) is 11.6. The first-order chi connectivity index (χ1) is 9.81. The van der Waals surface area contributed by atoms with Crippen LogP contribution in [0.4, 0.5) is 17.6 Å². The van der Waals surface area contributed by atoms with Gasteiger partial charge in [-0.3, -0.25) is 0 Å². The molecule has 1 nitrogen and oxygen atoms in total. The lowest BCUT2D eigenvalue weighted by atomic mass is 9.96. The van der Waals surface area contributed by atoms with E-state index >= 15 is 0 Å². The minimum atomic E-state index is -4.40. The van der Waals surface area contributed by atoms with E-state index in [0.717, 1.165) is 17.7 Å². The van der Waals surface area contributed by atoms with Crippen molar-refractivity contribution in [2.24, 2.45) is 0 Å². The molecule has 0 radical (unpaired) electrons. The summed E-state index contributed by atoms with van der Waals surface area (Å²) in [5, 5.41) is 2.93. The van der Waals surface area contributed by atoms with Crippen LogP contribution in [0.25, 0.3) is 0 Å². The lowest BCUT2D eigenvalue weighted by Gasteiger charge is -2.19. The zero-order valence-corrected chi connectivity index (χ0v) is 11.6. The molecule has 0 aromatic heterocycles. The lowest BCUT2D eigenvalue weighted by Crippen LogP contribution is -2.19. The maximum atomic E-state index is 13.5. The van der Waals surface area contributed by atoms with E-state index in [-0.39, 0.29) is 0 Å². The molecule has 0 spiro atoms. The van der Waals surface area contributed by atoms with E-state index < -0.39 is 23.6 Å². The first kappa shape index (κ1) is 15.5. The fraction of sp³-hybridized carbons (Fsp3) is 0.250. The molecule has 1 unspecified atom stereocenters. The summed E-state index contributed by atoms with van der Waals surface area (Å²) < 4.78 is 51.9. The second-order valence-corrected chi connectivity index (χ2v) is 4.91. The van der Waals surface area contributed by atoms with E-state index in [2.05, 4.69) is 5.32 Å². The molecule has 5 heteroatoms. The maximum Gasteiger partial charge on any atom is 0.416 e. The third-order valence-corrected chi connectivity index (χ3v) is 3.23. The Morgan fingerprint density at radius 1 is 1.00 bits per heavy atom. The molecule has 0 aliphatic heterocycles. The van der Waals surface area contributed by atoms with Crippen molar-refractivity contribution in [3.05, 3.63) is 70.5 Å². The normalized spacial score (nSPS) is 13.2. The molecule has 0 bridgehead atoms. The zero-order chi connectivity index (χ0) is 15.6. The van der Waals surface area contributed by atoms with Gasteiger partial charge in [-0.05, 0) is 54.9 Å². The van der Waals surface area contributed by atoms with Gasteiger partial charge < -0.3 is 5.32 Å². The number of alkyl halides is 3. The largest absolute Gasteiger partial charge is 0.416 e. The summed E-state index contributed by atoms with van der Waals surface area (Å²) in [5.74, 6) is -0.405. The Labute approximate surface area is 120 Å². The van der Waals surface area contributed by atoms with E-state index in [1.807, 2.05) is 0 Å². The summed E-state index contributed by atoms with van der Waals surface area (Å²) in [6, 6.07) is 9.02. The number of hydrogen-bond donors (Lipinski definition) is 1. The lowest BCUT2D eigenvalue weighted by molar-refractivity contribution is -0.137. The molecule has 1 atom stereocenters. The summed E-state index contributed by atoms with van der Waals surface area (Å²) in [7, 11) is 1.63. The van der Waals surface area contributed by atoms with E-state index in [1.54, 1.807) is 26.1 Å². The number of nitrogens with one attached hydrogen (secondary N) is 1. The number of hydrogen-bond acceptors (Lipinski definition) is 1. The second kappa shape index (κ2) is 5.85. The van der Waals surface area contributed by atoms with Gasteiger partial charge in [-0.25, -0.2) is 4.39 Å². The summed E-state index contributed by atoms with van der Waals surface area (Å²) in [4.78, 5) is 0. The molecular weight excluding hydrogens is 282 g/mol. The van der Waals surface area contributed by atoms with Gasteiger partial charge >= 0.3 is 6.18 Å². The molecule has 0 saturated heterocycles. The van der Waals surface area contributed by atoms with Gasteiger partial charge in [0.2, 0.25) is 0 Å². The van der Waals surface area contributed by atoms with Crippen molar-refractivity contribution in [2.75, 3.05) is 7.05 Å². The quantitative estimate of drug-likeness (QED) is 0.825. The van der Waals surface area contributed by atoms with Crippen LogP contribution in [-0.4, -0.2) is 7.05 Å². The molecule has 2 aromatic rings. The molecule has 0 amide bonds. The Bertz CT molecular complexity index is 614. The number of aryl methyl sites for hydroxylation is 1. The molecule has 21 heavy (non-hydrogen) atoms. The molecule has 112 valence electrons. The van der Waals surface area contributed by atoms with Gasteiger partial charge in [0, 0.05) is 0 Å². The van der Waals surface area contributed by atoms with Crippen LogP contribution in [0.1, 0.15) is 28.3 Å². The number of rotatable bonds is 3. The minimum absolute atomic E-state index is 0.405. The molecule has 0 aliphatic rings. The Hall–Kier alpha value is -1.88. The molecule has 0 aliphatic carbocycles. The average molecular weight is 297 g/mol. The Morgan fingerprint density at radius 2 is 1.71 bits per heavy atom. The summed E-state index contributed by atoms with van der Waals surface area (Å²) in [6.07, 6.45) is -4.40. The topological polar surface area (TPSA) is 12.0 Å². The van der Waals surface area contributed by atoms with Gasteiger partial charge in [0.1, 0.15) is 5.82 Å². The Balaban J connectivity index is 2.46. The SMILES string of the molecule is CNC(c1cc(C)cc(F)c1)c1cccc(C(F)(F)F)c1. The van der Waals surface area contributed by atoms with Crippen LogP contribution in [0.3, 0.4) is 0 Å². The van der Waals surface area contributed by atoms with Crippen molar-refractivity contribution < 1.29 is 17.6 Å². The van der Waals surface area contributed by atoms with E-state index in [0.29, 0.717) is 11.1 Å². The van der Waals surface area contributed by atoms with E-state index in [9.17, 15) is 17.6 Å². The van der Waals surface area contributed by atoms with Crippen molar-refractivity contribution in [3.8, 4) is 0 Å². The van der Waals surface area contributed by atoms with Crippen molar-refractivity contribution in [1.29, 1.82) is 0 Å². The highest BCUT2D eigenvalue weighted by atomic mass is 19.4. The number of benzene rings is 2. The first-order valence-electron chi connectivity index (χ1n) is 6.43. The summed E-state index contributed by atoms with van der Waals surface area (Å²) in [6.45, 7) is 1.74. The Kier molecular flexibility index (Phi) is 4.32. The highest BCUT2D eigenvalue weighted by Crippen LogP contribution is 2.32. The highest BCUT2D eigenvalue weighted by molar-refractivity contribution is 5.37. The molecular formula is C16H15F4N. The molecule has 0 heterocycles. The van der Waals surface area contributed by atoms with E-state index in [4.69, 9.17) is 0 Å². The highest BCUT2D eigenvalue weighted by Gasteiger charge is 2.31. The second-order valence-electron chi connectivity index (χ2n) is 4.91. The molecule has 0 fully saturated rings. The summed E-state index contributed by atoms with van der Waals surface area (Å²) in [5.41, 5.74) is 1.04. The molecule has 2 rings (SSSR count). The Morgan fingerprint density at radius 3 is 2.29 bits per heavy atom. The van der Waals surface area contributed by atoms with Gasteiger partial charge in [0.05, 0.1) is 11.6 Å². The van der Waals surface area contributed by atoms with Crippen LogP contribution < -0.4 is 5.32 Å². The minimum Gasteiger partial charge on any atom is -0.309 e. The van der Waals surface area contributed by atoms with Crippen molar-refractivity contribution in [3.63, 3.8) is 0 Å². The maximum absolute atomic E-state index is 13.5. The first-order valence-corrected chi connectivity index (χ1v) is 6.43. The van der Waals surface area contributed by atoms with Gasteiger partial charge in [-0.1, -0.05) is 18.2 Å². The molecule has 1 N–H and O–H groups in total. The van der Waals surface area contributed by atoms with Crippen LogP contribution in [0.2, 0.25) is 0 Å². The fourth-order valence-electron chi connectivity index (χ4n) is 2.35. The van der Waals surface area contributed by atoms with Crippen LogP contribution in [0, 0.1) is 12.7 Å². The average Bonchev–Trinajstić information content (AvgIpc) is 2.38. The van der Waals surface area contributed by atoms with Crippen LogP contribution >= 0.6 is 0 Å².